The molecule has 1 aromatic rings. The van der Waals surface area contributed by atoms with Crippen molar-refractivity contribution >= 4 is 17.7 Å². The maximum absolute atomic E-state index is 14.0. The summed E-state index contributed by atoms with van der Waals surface area (Å²) in [5.41, 5.74) is 0.438. The molecule has 5 aliphatic carbocycles. The number of allylic oxidation sites excluding steroid dienone is 1. The SMILES string of the molecule is CC(C)C1=C2[C@H]3CC[C@@H]4[C@@]5(C)CC[C@H](OC(=O)CC(C)(C)C(=O)O)C(C)(C)[C@@H]5CC[C@@]4(C)[C@]3(C)CC[C@@]2([C@H](O)CNCCOc2ccccc2)CC1=O. The van der Waals surface area contributed by atoms with E-state index in [1.54, 1.807) is 13.8 Å². The van der Waals surface area contributed by atoms with Crippen LogP contribution in [0.25, 0.3) is 0 Å². The lowest BCUT2D eigenvalue weighted by Crippen LogP contribution is -2.66. The van der Waals surface area contributed by atoms with Crippen molar-refractivity contribution in [1.82, 2.24) is 5.32 Å². The smallest absolute Gasteiger partial charge is 0.309 e. The monoisotopic (exact) mass is 733 g/mol. The lowest BCUT2D eigenvalue weighted by Gasteiger charge is -2.72. The molecule has 0 bridgehead atoms. The molecule has 4 saturated carbocycles. The maximum atomic E-state index is 14.0. The van der Waals surface area contributed by atoms with E-state index in [-0.39, 0.29) is 51.8 Å². The number of carboxylic acids is 1. The van der Waals surface area contributed by atoms with Crippen LogP contribution in [0.1, 0.15) is 127 Å². The molecule has 9 atom stereocenters. The Labute approximate surface area is 318 Å². The van der Waals surface area contributed by atoms with Gasteiger partial charge in [-0.05, 0) is 123 Å². The first-order chi connectivity index (χ1) is 24.7. The molecule has 8 heteroatoms. The van der Waals surface area contributed by atoms with Gasteiger partial charge >= 0.3 is 11.9 Å². The number of carboxylic acid groups (broad SMARTS) is 1. The zero-order chi connectivity index (χ0) is 38.8. The number of hydrogen-bond acceptors (Lipinski definition) is 7. The van der Waals surface area contributed by atoms with Gasteiger partial charge in [-0.2, -0.15) is 0 Å². The number of para-hydroxylation sites is 1. The van der Waals surface area contributed by atoms with Gasteiger partial charge in [0.15, 0.2) is 5.78 Å². The number of nitrogens with one attached hydrogen (secondary N) is 1. The van der Waals surface area contributed by atoms with E-state index >= 15 is 0 Å². The number of ketones is 1. The van der Waals surface area contributed by atoms with E-state index in [1.807, 2.05) is 30.3 Å². The molecule has 6 rings (SSSR count). The number of ether oxygens (including phenoxy) is 2. The number of aliphatic carboxylic acids is 1. The number of benzene rings is 1. The van der Waals surface area contributed by atoms with Gasteiger partial charge in [-0.1, -0.05) is 72.2 Å². The number of hydrogen-bond donors (Lipinski definition) is 3. The molecule has 4 fully saturated rings. The lowest BCUT2D eigenvalue weighted by atomic mass is 9.33. The first-order valence-electron chi connectivity index (χ1n) is 20.5. The molecule has 8 nitrogen and oxygen atoms in total. The molecule has 0 spiro atoms. The first-order valence-corrected chi connectivity index (χ1v) is 20.5. The molecular weight excluding hydrogens is 666 g/mol. The Bertz CT molecular complexity index is 1600. The van der Waals surface area contributed by atoms with E-state index in [0.717, 1.165) is 62.7 Å². The summed E-state index contributed by atoms with van der Waals surface area (Å²) in [6, 6.07) is 9.77. The van der Waals surface area contributed by atoms with E-state index in [2.05, 4.69) is 53.8 Å². The van der Waals surface area contributed by atoms with Gasteiger partial charge in [0.05, 0.1) is 17.9 Å². The molecule has 53 heavy (non-hydrogen) atoms. The first kappa shape index (κ1) is 40.0. The van der Waals surface area contributed by atoms with Crippen LogP contribution in [0.2, 0.25) is 0 Å². The van der Waals surface area contributed by atoms with Crippen LogP contribution in [0.5, 0.6) is 5.75 Å². The van der Waals surface area contributed by atoms with Crippen molar-refractivity contribution in [3.05, 3.63) is 41.5 Å². The van der Waals surface area contributed by atoms with Crippen LogP contribution in [0, 0.1) is 56.2 Å². The van der Waals surface area contributed by atoms with Crippen molar-refractivity contribution in [2.75, 3.05) is 19.7 Å². The zero-order valence-corrected chi connectivity index (χ0v) is 34.0. The number of rotatable bonds is 12. The second-order valence-corrected chi connectivity index (χ2v) is 19.9. The van der Waals surface area contributed by atoms with Gasteiger partial charge in [0.1, 0.15) is 18.5 Å². The fourth-order valence-electron chi connectivity index (χ4n) is 13.1. The highest BCUT2D eigenvalue weighted by molar-refractivity contribution is 6.00. The Hall–Kier alpha value is -2.71. The Morgan fingerprint density at radius 1 is 0.925 bits per heavy atom. The maximum Gasteiger partial charge on any atom is 0.309 e. The second kappa shape index (κ2) is 14.1. The van der Waals surface area contributed by atoms with Crippen molar-refractivity contribution in [3.63, 3.8) is 0 Å². The van der Waals surface area contributed by atoms with Gasteiger partial charge in [-0.3, -0.25) is 14.4 Å². The molecule has 0 radical (unpaired) electrons. The summed E-state index contributed by atoms with van der Waals surface area (Å²) in [7, 11) is 0. The van der Waals surface area contributed by atoms with Gasteiger partial charge in [0.25, 0.3) is 0 Å². The molecule has 0 heterocycles. The summed E-state index contributed by atoms with van der Waals surface area (Å²) in [4.78, 5) is 38.9. The average molecular weight is 734 g/mol. The summed E-state index contributed by atoms with van der Waals surface area (Å²) in [6.07, 6.45) is 7.17. The van der Waals surface area contributed by atoms with E-state index in [9.17, 15) is 24.6 Å². The van der Waals surface area contributed by atoms with Crippen LogP contribution in [0.4, 0.5) is 0 Å². The predicted molar refractivity (Wildman–Crippen MR) is 206 cm³/mol. The molecule has 294 valence electrons. The third kappa shape index (κ3) is 6.49. The molecule has 0 aliphatic heterocycles. The number of esters is 1. The Morgan fingerprint density at radius 2 is 1.62 bits per heavy atom. The average Bonchev–Trinajstić information content (AvgIpc) is 3.39. The number of carbonyl (C=O) groups excluding carboxylic acids is 2. The van der Waals surface area contributed by atoms with Crippen molar-refractivity contribution in [2.45, 2.75) is 139 Å². The van der Waals surface area contributed by atoms with E-state index in [0.29, 0.717) is 38.0 Å². The molecule has 5 aliphatic rings. The largest absolute Gasteiger partial charge is 0.492 e. The van der Waals surface area contributed by atoms with E-state index in [4.69, 9.17) is 9.47 Å². The highest BCUT2D eigenvalue weighted by atomic mass is 16.5. The Kier molecular flexibility index (Phi) is 10.6. The quantitative estimate of drug-likeness (QED) is 0.145. The number of aliphatic hydroxyl groups is 1. The Morgan fingerprint density at radius 3 is 2.28 bits per heavy atom. The topological polar surface area (TPSA) is 122 Å². The minimum atomic E-state index is -1.17. The van der Waals surface area contributed by atoms with Crippen molar-refractivity contribution < 1.29 is 34.1 Å². The minimum Gasteiger partial charge on any atom is -0.492 e. The van der Waals surface area contributed by atoms with Crippen molar-refractivity contribution in [2.24, 2.45) is 56.2 Å². The van der Waals surface area contributed by atoms with Gasteiger partial charge in [0.2, 0.25) is 0 Å². The van der Waals surface area contributed by atoms with E-state index < -0.39 is 28.9 Å². The summed E-state index contributed by atoms with van der Waals surface area (Å²) in [6.45, 7) is 21.2. The fraction of sp³-hybridized carbons (Fsp3) is 0.756. The molecule has 0 saturated heterocycles. The highest BCUT2D eigenvalue weighted by Crippen LogP contribution is 2.77. The molecule has 0 amide bonds. The third-order valence-corrected chi connectivity index (χ3v) is 16.1. The zero-order valence-electron chi connectivity index (χ0n) is 34.0. The predicted octanol–water partition coefficient (Wildman–Crippen LogP) is 8.41. The van der Waals surface area contributed by atoms with Crippen LogP contribution < -0.4 is 10.1 Å². The van der Waals surface area contributed by atoms with Crippen LogP contribution in [-0.2, 0) is 19.1 Å². The molecular formula is C45H67NO7. The van der Waals surface area contributed by atoms with E-state index in [1.165, 1.54) is 5.57 Å². The van der Waals surface area contributed by atoms with Crippen LogP contribution in [0.3, 0.4) is 0 Å². The van der Waals surface area contributed by atoms with Crippen LogP contribution in [-0.4, -0.2) is 59.8 Å². The van der Waals surface area contributed by atoms with Crippen molar-refractivity contribution in [3.8, 4) is 5.75 Å². The van der Waals surface area contributed by atoms with Gasteiger partial charge in [-0.15, -0.1) is 0 Å². The van der Waals surface area contributed by atoms with Crippen LogP contribution in [0.15, 0.2) is 41.5 Å². The third-order valence-electron chi connectivity index (χ3n) is 16.1. The number of carbonyl (C=O) groups is 3. The number of aliphatic hydroxyl groups excluding tert-OH is 1. The van der Waals surface area contributed by atoms with Crippen molar-refractivity contribution in [1.29, 1.82) is 0 Å². The summed E-state index contributed by atoms with van der Waals surface area (Å²) < 4.78 is 12.1. The second-order valence-electron chi connectivity index (χ2n) is 19.9. The normalized spacial score (nSPS) is 36.9. The number of Topliss-reactive ketones (excluding diaryl/α,β-unsaturated/α-hetero) is 1. The molecule has 0 aromatic heterocycles. The molecule has 0 unspecified atom stereocenters. The number of fused-ring (bicyclic) bond motifs is 7. The van der Waals surface area contributed by atoms with Gasteiger partial charge in [0, 0.05) is 30.3 Å². The minimum absolute atomic E-state index is 0.0139. The molecule has 3 N–H and O–H groups in total. The Balaban J connectivity index is 1.22. The van der Waals surface area contributed by atoms with Gasteiger partial charge in [-0.25, -0.2) is 0 Å². The summed E-state index contributed by atoms with van der Waals surface area (Å²) >= 11 is 0. The highest BCUT2D eigenvalue weighted by Gasteiger charge is 2.70. The summed E-state index contributed by atoms with van der Waals surface area (Å²) in [5, 5.41) is 25.2. The molecule has 1 aromatic carbocycles. The van der Waals surface area contributed by atoms with Crippen LogP contribution >= 0.6 is 0 Å². The lowest BCUT2D eigenvalue weighted by molar-refractivity contribution is -0.235. The standard InChI is InChI=1S/C45H67NO7/c1-28(2)37-31(47)25-45(34(48)27-46-23-24-52-29-13-11-10-12-14-29)22-21-43(8)30(38(37)45)15-16-33-42(7)19-18-35(53-36(49)26-40(3,4)39(50)51)41(5,6)32(42)17-20-44(33,43)9/h10-14,28,30,32-35,46,48H,15-27H2,1-9H3,(H,50,51)/t30-,32+,33-,34-,35+,42+,43-,44-,45+/m1/s1. The fourth-order valence-corrected chi connectivity index (χ4v) is 13.1. The van der Waals surface area contributed by atoms with Gasteiger partial charge < -0.3 is 25.0 Å². The summed E-state index contributed by atoms with van der Waals surface area (Å²) in [5.74, 6) is 0.867.